The molecule has 10 nitrogen and oxygen atoms in total. The maximum Gasteiger partial charge on any atom is 0.319 e. The quantitative estimate of drug-likeness (QED) is 0.300. The number of nitrogens with one attached hydrogen (secondary N) is 2. The van der Waals surface area contributed by atoms with E-state index < -0.39 is 6.29 Å². The van der Waals surface area contributed by atoms with E-state index in [0.29, 0.717) is 0 Å². The number of rotatable bonds is 8. The van der Waals surface area contributed by atoms with Gasteiger partial charge >= 0.3 is 6.03 Å². The van der Waals surface area contributed by atoms with Gasteiger partial charge in [-0.05, 0) is 85.6 Å². The summed E-state index contributed by atoms with van der Waals surface area (Å²) in [5.41, 5.74) is 3.51. The number of aliphatic hydroxyl groups is 1. The number of benzene rings is 2. The van der Waals surface area contributed by atoms with Crippen molar-refractivity contribution in [1.82, 2.24) is 20.2 Å². The number of nitrogens with zero attached hydrogens (tertiary/aromatic N) is 4. The minimum Gasteiger partial charge on any atom is -0.392 e. The van der Waals surface area contributed by atoms with Crippen molar-refractivity contribution in [2.45, 2.75) is 75.6 Å². The van der Waals surface area contributed by atoms with E-state index in [2.05, 4.69) is 30.4 Å². The third kappa shape index (κ3) is 6.88. The zero-order chi connectivity index (χ0) is 31.8. The Labute approximate surface area is 276 Å². The number of aliphatic hydroxyl groups excluding tert-OH is 1. The standard InChI is InChI=1S/C37H46N6O4/c44-24-25-5-7-29(8-6-25)33-19-32(23-42-11-13-43(14-12-42)35-38-9-2-10-39-35)46-34(47-33)30-3-1-4-31(18-30)40-36(45)41-37-20-26-15-27(21-37)17-28(16-26)22-37/h1-10,18,26-28,32-34,44H,11-17,19-24H2,(H2,40,41,45)/t26?,27?,28?,32-,33+,34+,37?/m1/s1. The van der Waals surface area contributed by atoms with Crippen molar-refractivity contribution in [3.05, 3.63) is 83.7 Å². The van der Waals surface area contributed by atoms with E-state index in [1.807, 2.05) is 54.6 Å². The van der Waals surface area contributed by atoms with Crippen LogP contribution in [0.25, 0.3) is 0 Å². The second-order valence-electron chi connectivity index (χ2n) is 14.6. The Morgan fingerprint density at radius 2 is 1.55 bits per heavy atom. The molecule has 2 saturated heterocycles. The van der Waals surface area contributed by atoms with Crippen molar-refractivity contribution in [3.8, 4) is 0 Å². The Balaban J connectivity index is 0.948. The summed E-state index contributed by atoms with van der Waals surface area (Å²) in [5, 5.41) is 16.1. The summed E-state index contributed by atoms with van der Waals surface area (Å²) in [6.45, 7) is 4.33. The van der Waals surface area contributed by atoms with Gasteiger partial charge in [0.25, 0.3) is 0 Å². The second-order valence-corrected chi connectivity index (χ2v) is 14.6. The fourth-order valence-corrected chi connectivity index (χ4v) is 9.34. The number of urea groups is 1. The molecule has 2 aromatic carbocycles. The lowest BCUT2D eigenvalue weighted by Crippen LogP contribution is -2.60. The largest absolute Gasteiger partial charge is 0.392 e. The maximum atomic E-state index is 13.3. The van der Waals surface area contributed by atoms with Crippen LogP contribution in [0.3, 0.4) is 0 Å². The molecule has 47 heavy (non-hydrogen) atoms. The number of hydrogen-bond donors (Lipinski definition) is 3. The fourth-order valence-electron chi connectivity index (χ4n) is 9.34. The van der Waals surface area contributed by atoms with E-state index in [1.54, 1.807) is 12.4 Å². The molecule has 9 rings (SSSR count). The molecule has 248 valence electrons. The summed E-state index contributed by atoms with van der Waals surface area (Å²) in [4.78, 5) is 26.9. The van der Waals surface area contributed by atoms with Gasteiger partial charge in [-0.2, -0.15) is 0 Å². The van der Waals surface area contributed by atoms with E-state index in [0.717, 1.165) is 104 Å². The summed E-state index contributed by atoms with van der Waals surface area (Å²) < 4.78 is 13.3. The maximum absolute atomic E-state index is 13.3. The van der Waals surface area contributed by atoms with Crippen LogP contribution in [-0.2, 0) is 16.1 Å². The number of aromatic nitrogens is 2. The zero-order valence-corrected chi connectivity index (χ0v) is 27.0. The third-order valence-corrected chi connectivity index (χ3v) is 11.1. The summed E-state index contributed by atoms with van der Waals surface area (Å²) >= 11 is 0. The molecule has 6 aliphatic rings. The predicted octanol–water partition coefficient (Wildman–Crippen LogP) is 5.43. The minimum atomic E-state index is -0.580. The van der Waals surface area contributed by atoms with E-state index in [-0.39, 0.29) is 30.4 Å². The number of ether oxygens (including phenoxy) is 2. The molecular weight excluding hydrogens is 592 g/mol. The molecule has 3 aromatic rings. The van der Waals surface area contributed by atoms with Gasteiger partial charge < -0.3 is 30.1 Å². The molecule has 6 fully saturated rings. The van der Waals surface area contributed by atoms with Crippen LogP contribution >= 0.6 is 0 Å². The third-order valence-electron chi connectivity index (χ3n) is 11.1. The van der Waals surface area contributed by atoms with Crippen LogP contribution in [0.4, 0.5) is 16.4 Å². The number of carbonyl (C=O) groups is 1. The number of piperazine rings is 1. The highest BCUT2D eigenvalue weighted by atomic mass is 16.7. The molecule has 4 aliphatic carbocycles. The van der Waals surface area contributed by atoms with Crippen LogP contribution in [0, 0.1) is 17.8 Å². The Kier molecular flexibility index (Phi) is 8.60. The van der Waals surface area contributed by atoms with E-state index in [9.17, 15) is 9.90 Å². The molecule has 2 aliphatic heterocycles. The van der Waals surface area contributed by atoms with Crippen LogP contribution in [0.15, 0.2) is 67.0 Å². The molecule has 0 radical (unpaired) electrons. The van der Waals surface area contributed by atoms with E-state index >= 15 is 0 Å². The van der Waals surface area contributed by atoms with Crippen molar-refractivity contribution in [2.24, 2.45) is 17.8 Å². The lowest BCUT2D eigenvalue weighted by atomic mass is 9.53. The molecule has 3 N–H and O–H groups in total. The smallest absolute Gasteiger partial charge is 0.319 e. The molecule has 3 heterocycles. The topological polar surface area (TPSA) is 112 Å². The monoisotopic (exact) mass is 638 g/mol. The van der Waals surface area contributed by atoms with Crippen molar-refractivity contribution in [3.63, 3.8) is 0 Å². The van der Waals surface area contributed by atoms with Gasteiger partial charge in [0.05, 0.1) is 18.8 Å². The van der Waals surface area contributed by atoms with E-state index in [4.69, 9.17) is 9.47 Å². The molecule has 4 saturated carbocycles. The number of amides is 2. The highest BCUT2D eigenvalue weighted by Gasteiger charge is 2.51. The minimum absolute atomic E-state index is 0.0103. The van der Waals surface area contributed by atoms with Gasteiger partial charge in [-0.1, -0.05) is 36.4 Å². The normalized spacial score (nSPS) is 31.9. The highest BCUT2D eigenvalue weighted by Crippen LogP contribution is 2.55. The van der Waals surface area contributed by atoms with Crippen LogP contribution in [0.5, 0.6) is 0 Å². The van der Waals surface area contributed by atoms with Gasteiger partial charge in [-0.25, -0.2) is 14.8 Å². The Hall–Kier alpha value is -3.57. The van der Waals surface area contributed by atoms with Gasteiger partial charge in [0.15, 0.2) is 6.29 Å². The Morgan fingerprint density at radius 3 is 2.23 bits per heavy atom. The molecule has 2 amide bonds. The molecule has 1 aromatic heterocycles. The van der Waals surface area contributed by atoms with Gasteiger partial charge in [0.1, 0.15) is 0 Å². The molecule has 4 bridgehead atoms. The van der Waals surface area contributed by atoms with Crippen LogP contribution in [-0.4, -0.2) is 70.4 Å². The first-order valence-electron chi connectivity index (χ1n) is 17.4. The lowest BCUT2D eigenvalue weighted by Gasteiger charge is -2.56. The first-order chi connectivity index (χ1) is 23.0. The summed E-state index contributed by atoms with van der Waals surface area (Å²) in [6.07, 6.45) is 10.9. The first kappa shape index (κ1) is 30.7. The van der Waals surface area contributed by atoms with Crippen molar-refractivity contribution >= 4 is 17.7 Å². The summed E-state index contributed by atoms with van der Waals surface area (Å²) in [5.74, 6) is 3.09. The lowest BCUT2D eigenvalue weighted by molar-refractivity contribution is -0.253. The van der Waals surface area contributed by atoms with Crippen molar-refractivity contribution in [1.29, 1.82) is 0 Å². The summed E-state index contributed by atoms with van der Waals surface area (Å²) in [7, 11) is 0. The van der Waals surface area contributed by atoms with Gasteiger partial charge in [0, 0.05) is 68.3 Å². The highest BCUT2D eigenvalue weighted by molar-refractivity contribution is 5.90. The van der Waals surface area contributed by atoms with Crippen molar-refractivity contribution < 1.29 is 19.4 Å². The number of anilines is 2. The first-order valence-corrected chi connectivity index (χ1v) is 17.4. The molecular formula is C37H46N6O4. The number of hydrogen-bond acceptors (Lipinski definition) is 8. The number of carbonyl (C=O) groups excluding carboxylic acids is 1. The molecule has 10 heteroatoms. The zero-order valence-electron chi connectivity index (χ0n) is 27.0. The average Bonchev–Trinajstić information content (AvgIpc) is 3.08. The summed E-state index contributed by atoms with van der Waals surface area (Å²) in [6, 6.07) is 17.6. The molecule has 3 atom stereocenters. The molecule has 0 unspecified atom stereocenters. The SMILES string of the molecule is O=C(Nc1cccc([C@H]2O[C@@H](CN3CCN(c4ncccn4)CC3)C[C@@H](c3ccc(CO)cc3)O2)c1)NC12CC3CC(CC(C3)C1)C2. The molecule has 0 spiro atoms. The predicted molar refractivity (Wildman–Crippen MR) is 179 cm³/mol. The fraction of sp³-hybridized carbons (Fsp3) is 0.541. The average molecular weight is 639 g/mol. The van der Waals surface area contributed by atoms with Crippen LogP contribution in [0.1, 0.15) is 74.0 Å². The van der Waals surface area contributed by atoms with Gasteiger partial charge in [-0.3, -0.25) is 4.90 Å². The van der Waals surface area contributed by atoms with Crippen LogP contribution < -0.4 is 15.5 Å². The van der Waals surface area contributed by atoms with Gasteiger partial charge in [-0.15, -0.1) is 0 Å². The Morgan fingerprint density at radius 1 is 0.851 bits per heavy atom. The van der Waals surface area contributed by atoms with Crippen molar-refractivity contribution in [2.75, 3.05) is 42.9 Å². The van der Waals surface area contributed by atoms with E-state index in [1.165, 1.54) is 19.3 Å². The Bertz CT molecular complexity index is 1490. The van der Waals surface area contributed by atoms with Gasteiger partial charge in [0.2, 0.25) is 5.95 Å². The van der Waals surface area contributed by atoms with Crippen LogP contribution in [0.2, 0.25) is 0 Å². The second kappa shape index (κ2) is 13.1.